The molecule has 26 heavy (non-hydrogen) atoms. The Kier molecular flexibility index (Phi) is 5.69. The predicted molar refractivity (Wildman–Crippen MR) is 102 cm³/mol. The number of hydrogen-bond acceptors (Lipinski definition) is 2. The molecule has 0 aliphatic heterocycles. The number of ether oxygens (including phenoxy) is 1. The molecule has 1 atom stereocenters. The van der Waals surface area contributed by atoms with Crippen molar-refractivity contribution < 1.29 is 14.2 Å². The smallest absolute Gasteiger partial charge is 0.125 e. The Morgan fingerprint density at radius 3 is 1.69 bits per heavy atom. The molecule has 1 unspecified atom stereocenters. The van der Waals surface area contributed by atoms with E-state index in [1.807, 2.05) is 84.9 Å². The van der Waals surface area contributed by atoms with E-state index in [1.54, 1.807) is 7.11 Å². The summed E-state index contributed by atoms with van der Waals surface area (Å²) in [6.07, 6.45) is -1.18. The first-order valence-corrected chi connectivity index (χ1v) is 8.71. The van der Waals surface area contributed by atoms with Crippen molar-refractivity contribution in [3.63, 3.8) is 0 Å². The summed E-state index contributed by atoms with van der Waals surface area (Å²) >= 11 is 0. The number of benzene rings is 3. The van der Waals surface area contributed by atoms with Gasteiger partial charge in [0.25, 0.3) is 0 Å². The number of alkyl halides is 1. The quantitative estimate of drug-likeness (QED) is 0.623. The molecule has 0 heterocycles. The fraction of sp³-hybridized carbons (Fsp3) is 0.217. The normalized spacial score (nSPS) is 12.6. The Hall–Kier alpha value is -2.65. The third-order valence-corrected chi connectivity index (χ3v) is 4.84. The van der Waals surface area contributed by atoms with Gasteiger partial charge < -0.3 is 9.84 Å². The molecule has 3 aromatic carbocycles. The Morgan fingerprint density at radius 2 is 1.27 bits per heavy atom. The van der Waals surface area contributed by atoms with Crippen LogP contribution in [0.3, 0.4) is 0 Å². The van der Waals surface area contributed by atoms with Gasteiger partial charge in [-0.2, -0.15) is 0 Å². The molecule has 0 amide bonds. The summed E-state index contributed by atoms with van der Waals surface area (Å²) in [5.74, 6) is 0.753. The molecule has 3 heteroatoms. The highest BCUT2D eigenvalue weighted by molar-refractivity contribution is 5.51. The largest absolute Gasteiger partial charge is 0.497 e. The van der Waals surface area contributed by atoms with Crippen molar-refractivity contribution in [2.75, 3.05) is 13.7 Å². The fourth-order valence-corrected chi connectivity index (χ4v) is 3.57. The third-order valence-electron chi connectivity index (χ3n) is 4.84. The maximum atomic E-state index is 14.6. The molecule has 0 spiro atoms. The monoisotopic (exact) mass is 350 g/mol. The molecule has 3 aromatic rings. The predicted octanol–water partition coefficient (Wildman–Crippen LogP) is 4.75. The minimum absolute atomic E-state index is 0.157. The minimum atomic E-state index is -1.34. The highest BCUT2D eigenvalue weighted by Gasteiger charge is 2.38. The second kappa shape index (κ2) is 8.15. The topological polar surface area (TPSA) is 29.5 Å². The molecule has 3 rings (SSSR count). The van der Waals surface area contributed by atoms with E-state index >= 15 is 0 Å². The van der Waals surface area contributed by atoms with Crippen LogP contribution in [0.4, 0.5) is 4.39 Å². The Labute approximate surface area is 153 Å². The summed E-state index contributed by atoms with van der Waals surface area (Å²) in [6, 6.07) is 27.5. The molecule has 134 valence electrons. The van der Waals surface area contributed by atoms with Gasteiger partial charge >= 0.3 is 0 Å². The van der Waals surface area contributed by atoms with Crippen LogP contribution in [-0.2, 0) is 5.41 Å². The Bertz CT molecular complexity index is 761. The van der Waals surface area contributed by atoms with E-state index < -0.39 is 18.2 Å². The van der Waals surface area contributed by atoms with E-state index in [-0.39, 0.29) is 6.42 Å². The summed E-state index contributed by atoms with van der Waals surface area (Å²) in [6.45, 7) is -0.502. The number of hydrogen-bond donors (Lipinski definition) is 1. The zero-order valence-electron chi connectivity index (χ0n) is 14.8. The molecular formula is C23H23FO2. The molecule has 0 aromatic heterocycles. The van der Waals surface area contributed by atoms with Crippen LogP contribution in [-0.4, -0.2) is 25.0 Å². The summed E-state index contributed by atoms with van der Waals surface area (Å²) < 4.78 is 19.8. The molecule has 0 bridgehead atoms. The number of halogens is 1. The van der Waals surface area contributed by atoms with Gasteiger partial charge in [-0.1, -0.05) is 72.8 Å². The standard InChI is InChI=1S/C23H23FO2/c1-26-22-14-12-20(13-15-22)23(16-21(24)17-25,18-8-4-2-5-9-18)19-10-6-3-7-11-19/h2-15,21,25H,16-17H2,1H3. The lowest BCUT2D eigenvalue weighted by molar-refractivity contribution is 0.157. The molecule has 0 fully saturated rings. The highest BCUT2D eigenvalue weighted by atomic mass is 19.1. The van der Waals surface area contributed by atoms with Crippen LogP contribution in [0.15, 0.2) is 84.9 Å². The van der Waals surface area contributed by atoms with Crippen LogP contribution in [0.1, 0.15) is 23.1 Å². The lowest BCUT2D eigenvalue weighted by Gasteiger charge is -2.37. The first kappa shape index (κ1) is 18.2. The zero-order chi connectivity index (χ0) is 18.4. The van der Waals surface area contributed by atoms with E-state index in [9.17, 15) is 9.50 Å². The zero-order valence-corrected chi connectivity index (χ0v) is 14.8. The van der Waals surface area contributed by atoms with Crippen molar-refractivity contribution in [3.8, 4) is 5.75 Å². The molecule has 0 saturated carbocycles. The van der Waals surface area contributed by atoms with Gasteiger partial charge in [-0.25, -0.2) is 4.39 Å². The van der Waals surface area contributed by atoms with Crippen LogP contribution in [0.25, 0.3) is 0 Å². The third kappa shape index (κ3) is 3.49. The van der Waals surface area contributed by atoms with E-state index in [1.165, 1.54) is 0 Å². The summed E-state index contributed by atoms with van der Waals surface area (Å²) in [5, 5.41) is 9.43. The lowest BCUT2D eigenvalue weighted by Crippen LogP contribution is -2.33. The first-order valence-electron chi connectivity index (χ1n) is 8.71. The van der Waals surface area contributed by atoms with Gasteiger partial charge in [-0.05, 0) is 35.2 Å². The first-order chi connectivity index (χ1) is 12.7. The molecule has 0 aliphatic rings. The number of methoxy groups -OCH3 is 1. The van der Waals surface area contributed by atoms with Gasteiger partial charge in [-0.3, -0.25) is 0 Å². The maximum Gasteiger partial charge on any atom is 0.125 e. The number of aliphatic hydroxyl groups excluding tert-OH is 1. The van der Waals surface area contributed by atoms with Crippen molar-refractivity contribution in [2.24, 2.45) is 0 Å². The second-order valence-corrected chi connectivity index (χ2v) is 6.35. The summed E-state index contributed by atoms with van der Waals surface area (Å²) in [7, 11) is 1.63. The number of aliphatic hydroxyl groups is 1. The average Bonchev–Trinajstić information content (AvgIpc) is 2.73. The van der Waals surface area contributed by atoms with Gasteiger partial charge in [0.15, 0.2) is 0 Å². The maximum absolute atomic E-state index is 14.6. The van der Waals surface area contributed by atoms with Gasteiger partial charge in [0, 0.05) is 5.41 Å². The van der Waals surface area contributed by atoms with E-state index in [4.69, 9.17) is 4.74 Å². The van der Waals surface area contributed by atoms with Crippen molar-refractivity contribution in [1.29, 1.82) is 0 Å². The second-order valence-electron chi connectivity index (χ2n) is 6.35. The number of rotatable bonds is 7. The molecular weight excluding hydrogens is 327 g/mol. The van der Waals surface area contributed by atoms with Crippen molar-refractivity contribution in [3.05, 3.63) is 102 Å². The minimum Gasteiger partial charge on any atom is -0.497 e. The van der Waals surface area contributed by atoms with Crippen LogP contribution < -0.4 is 4.74 Å². The average molecular weight is 350 g/mol. The highest BCUT2D eigenvalue weighted by Crippen LogP contribution is 2.43. The Balaban J connectivity index is 2.26. The van der Waals surface area contributed by atoms with Crippen LogP contribution in [0.2, 0.25) is 0 Å². The van der Waals surface area contributed by atoms with Crippen molar-refractivity contribution >= 4 is 0 Å². The summed E-state index contributed by atoms with van der Waals surface area (Å²) in [4.78, 5) is 0. The SMILES string of the molecule is COc1ccc(C(CC(F)CO)(c2ccccc2)c2ccccc2)cc1. The van der Waals surface area contributed by atoms with Gasteiger partial charge in [0.1, 0.15) is 11.9 Å². The van der Waals surface area contributed by atoms with Crippen molar-refractivity contribution in [2.45, 2.75) is 18.0 Å². The van der Waals surface area contributed by atoms with Gasteiger partial charge in [0.2, 0.25) is 0 Å². The van der Waals surface area contributed by atoms with E-state index in [0.29, 0.717) is 0 Å². The van der Waals surface area contributed by atoms with Crippen LogP contribution in [0.5, 0.6) is 5.75 Å². The van der Waals surface area contributed by atoms with Gasteiger partial charge in [0.05, 0.1) is 13.7 Å². The molecule has 0 radical (unpaired) electrons. The molecule has 2 nitrogen and oxygen atoms in total. The molecule has 0 aliphatic carbocycles. The molecule has 1 N–H and O–H groups in total. The summed E-state index contributed by atoms with van der Waals surface area (Å²) in [5.41, 5.74) is 2.25. The Morgan fingerprint density at radius 1 is 0.808 bits per heavy atom. The van der Waals surface area contributed by atoms with Crippen LogP contribution in [0, 0.1) is 0 Å². The molecule has 0 saturated heterocycles. The van der Waals surface area contributed by atoms with E-state index in [2.05, 4.69) is 0 Å². The van der Waals surface area contributed by atoms with Gasteiger partial charge in [-0.15, -0.1) is 0 Å². The van der Waals surface area contributed by atoms with Crippen LogP contribution >= 0.6 is 0 Å². The van der Waals surface area contributed by atoms with E-state index in [0.717, 1.165) is 22.4 Å². The fourth-order valence-electron chi connectivity index (χ4n) is 3.57. The van der Waals surface area contributed by atoms with Crippen molar-refractivity contribution in [1.82, 2.24) is 0 Å². The lowest BCUT2D eigenvalue weighted by atomic mass is 9.66.